The zero-order valence-electron chi connectivity index (χ0n) is 13.8. The van der Waals surface area contributed by atoms with Gasteiger partial charge in [-0.1, -0.05) is 6.07 Å². The van der Waals surface area contributed by atoms with Crippen molar-refractivity contribution in [1.82, 2.24) is 14.9 Å². The summed E-state index contributed by atoms with van der Waals surface area (Å²) in [7, 11) is 2.20. The number of nitrogens with one attached hydrogen (secondary N) is 2. The van der Waals surface area contributed by atoms with Crippen molar-refractivity contribution < 1.29 is 8.42 Å². The molecular weight excluding hydrogens is 286 g/mol. The van der Waals surface area contributed by atoms with Gasteiger partial charge in [0.1, 0.15) is 0 Å². The van der Waals surface area contributed by atoms with E-state index in [0.29, 0.717) is 18.0 Å². The molecule has 0 bridgehead atoms. The van der Waals surface area contributed by atoms with Gasteiger partial charge in [0.2, 0.25) is 10.0 Å². The van der Waals surface area contributed by atoms with E-state index >= 15 is 0 Å². The molecule has 120 valence electrons. The molecule has 1 atom stereocenters. The first kappa shape index (κ1) is 18.1. The summed E-state index contributed by atoms with van der Waals surface area (Å²) in [4.78, 5) is 2.32. The Balaban J connectivity index is 3.10. The van der Waals surface area contributed by atoms with E-state index in [1.807, 2.05) is 52.9 Å². The molecule has 6 heteroatoms. The Morgan fingerprint density at radius 2 is 1.81 bits per heavy atom. The second-order valence-electron chi connectivity index (χ2n) is 5.86. The molecule has 0 saturated heterocycles. The van der Waals surface area contributed by atoms with Crippen molar-refractivity contribution in [3.8, 4) is 0 Å². The molecule has 1 unspecified atom stereocenters. The van der Waals surface area contributed by atoms with Gasteiger partial charge in [-0.3, -0.25) is 0 Å². The van der Waals surface area contributed by atoms with Crippen LogP contribution in [0.2, 0.25) is 0 Å². The summed E-state index contributed by atoms with van der Waals surface area (Å²) in [6.07, 6.45) is 0. The second kappa shape index (κ2) is 7.35. The van der Waals surface area contributed by atoms with Crippen LogP contribution in [-0.4, -0.2) is 47.0 Å². The molecular formula is C15H27N3O2S. The highest BCUT2D eigenvalue weighted by Crippen LogP contribution is 2.21. The maximum absolute atomic E-state index is 12.6. The van der Waals surface area contributed by atoms with Gasteiger partial charge >= 0.3 is 0 Å². The predicted molar refractivity (Wildman–Crippen MR) is 87.0 cm³/mol. The highest BCUT2D eigenvalue weighted by atomic mass is 32.2. The monoisotopic (exact) mass is 313 g/mol. The van der Waals surface area contributed by atoms with Crippen LogP contribution in [0.4, 0.5) is 0 Å². The number of hydrogen-bond donors (Lipinski definition) is 2. The molecule has 0 fully saturated rings. The van der Waals surface area contributed by atoms with Crippen LogP contribution in [0, 0.1) is 13.8 Å². The zero-order chi connectivity index (χ0) is 16.2. The Hall–Kier alpha value is -0.950. The summed E-state index contributed by atoms with van der Waals surface area (Å²) in [6, 6.07) is 3.56. The first-order chi connectivity index (χ1) is 9.67. The van der Waals surface area contributed by atoms with E-state index in [1.54, 1.807) is 6.07 Å². The Labute approximate surface area is 128 Å². The van der Waals surface area contributed by atoms with E-state index in [9.17, 15) is 8.42 Å². The van der Waals surface area contributed by atoms with Crippen molar-refractivity contribution in [3.63, 3.8) is 0 Å². The topological polar surface area (TPSA) is 61.4 Å². The Kier molecular flexibility index (Phi) is 6.34. The minimum absolute atomic E-state index is 0.140. The Morgan fingerprint density at radius 3 is 2.33 bits per heavy atom. The average Bonchev–Trinajstić information content (AvgIpc) is 2.30. The first-order valence-corrected chi connectivity index (χ1v) is 8.57. The van der Waals surface area contributed by atoms with E-state index < -0.39 is 10.0 Å². The summed E-state index contributed by atoms with van der Waals surface area (Å²) >= 11 is 0. The number of sulfonamides is 1. The van der Waals surface area contributed by atoms with Crippen molar-refractivity contribution in [2.75, 3.05) is 27.7 Å². The Bertz CT molecular complexity index is 583. The molecule has 2 N–H and O–H groups in total. The van der Waals surface area contributed by atoms with Gasteiger partial charge in [-0.15, -0.1) is 0 Å². The molecule has 1 rings (SSSR count). The van der Waals surface area contributed by atoms with Crippen molar-refractivity contribution in [1.29, 1.82) is 0 Å². The van der Waals surface area contributed by atoms with E-state index in [2.05, 4.69) is 10.0 Å². The fraction of sp³-hybridized carbons (Fsp3) is 0.600. The third-order valence-corrected chi connectivity index (χ3v) is 5.02. The molecule has 0 aliphatic rings. The third kappa shape index (κ3) is 5.07. The minimum Gasteiger partial charge on any atom is -0.316 e. The summed E-state index contributed by atoms with van der Waals surface area (Å²) in [5.41, 5.74) is 2.88. The average molecular weight is 313 g/mol. The van der Waals surface area contributed by atoms with Gasteiger partial charge in [0, 0.05) is 19.1 Å². The predicted octanol–water partition coefficient (Wildman–Crippen LogP) is 1.25. The molecule has 0 aromatic heterocycles. The summed E-state index contributed by atoms with van der Waals surface area (Å²) in [5.74, 6) is 0. The third-order valence-electron chi connectivity index (χ3n) is 3.29. The lowest BCUT2D eigenvalue weighted by atomic mass is 10.1. The van der Waals surface area contributed by atoms with Crippen molar-refractivity contribution in [3.05, 3.63) is 28.8 Å². The lowest BCUT2D eigenvalue weighted by Crippen LogP contribution is -2.39. The largest absolute Gasteiger partial charge is 0.316 e. The number of aryl methyl sites for hydroxylation is 2. The van der Waals surface area contributed by atoms with E-state index in [1.165, 1.54) is 0 Å². The van der Waals surface area contributed by atoms with Gasteiger partial charge < -0.3 is 10.2 Å². The zero-order valence-corrected chi connectivity index (χ0v) is 14.6. The maximum Gasteiger partial charge on any atom is 0.241 e. The van der Waals surface area contributed by atoms with Gasteiger partial charge in [0.25, 0.3) is 0 Å². The summed E-state index contributed by atoms with van der Waals surface area (Å²) < 4.78 is 27.9. The van der Waals surface area contributed by atoms with E-state index in [0.717, 1.165) is 16.7 Å². The van der Waals surface area contributed by atoms with Crippen LogP contribution in [0.25, 0.3) is 0 Å². The highest BCUT2D eigenvalue weighted by Gasteiger charge is 2.21. The Morgan fingerprint density at radius 1 is 1.19 bits per heavy atom. The fourth-order valence-corrected chi connectivity index (χ4v) is 3.97. The molecule has 0 saturated carbocycles. The molecule has 1 aromatic carbocycles. The molecule has 0 amide bonds. The smallest absolute Gasteiger partial charge is 0.241 e. The SMILES string of the molecule is CNCc1cc(S(=O)(=O)NC(C)CN(C)C)c(C)cc1C. The van der Waals surface area contributed by atoms with Crippen molar-refractivity contribution >= 4 is 10.0 Å². The number of benzene rings is 1. The normalized spacial score (nSPS) is 13.7. The molecule has 0 heterocycles. The highest BCUT2D eigenvalue weighted by molar-refractivity contribution is 7.89. The number of nitrogens with zero attached hydrogens (tertiary/aromatic N) is 1. The lowest BCUT2D eigenvalue weighted by Gasteiger charge is -2.20. The van der Waals surface area contributed by atoms with Gasteiger partial charge in [-0.05, 0) is 64.7 Å². The molecule has 5 nitrogen and oxygen atoms in total. The first-order valence-electron chi connectivity index (χ1n) is 7.09. The van der Waals surface area contributed by atoms with Crippen molar-refractivity contribution in [2.45, 2.75) is 38.3 Å². The molecule has 21 heavy (non-hydrogen) atoms. The molecule has 1 aromatic rings. The van der Waals surface area contributed by atoms with Crippen LogP contribution in [0.1, 0.15) is 23.6 Å². The summed E-state index contributed by atoms with van der Waals surface area (Å²) in [5, 5.41) is 3.07. The van der Waals surface area contributed by atoms with Gasteiger partial charge in [-0.2, -0.15) is 0 Å². The van der Waals surface area contributed by atoms with E-state index in [-0.39, 0.29) is 6.04 Å². The van der Waals surface area contributed by atoms with E-state index in [4.69, 9.17) is 0 Å². The van der Waals surface area contributed by atoms with Crippen LogP contribution < -0.4 is 10.0 Å². The van der Waals surface area contributed by atoms with Crippen LogP contribution in [0.15, 0.2) is 17.0 Å². The molecule has 0 aliphatic heterocycles. The standard InChI is InChI=1S/C15H27N3O2S/c1-11-7-12(2)15(8-14(11)9-16-4)21(19,20)17-13(3)10-18(5)6/h7-8,13,16-17H,9-10H2,1-6H3. The van der Waals surface area contributed by atoms with Crippen LogP contribution in [0.5, 0.6) is 0 Å². The maximum atomic E-state index is 12.6. The lowest BCUT2D eigenvalue weighted by molar-refractivity contribution is 0.370. The minimum atomic E-state index is -3.50. The van der Waals surface area contributed by atoms with Gasteiger partial charge in [0.15, 0.2) is 0 Å². The molecule has 0 spiro atoms. The van der Waals surface area contributed by atoms with Gasteiger partial charge in [0.05, 0.1) is 4.90 Å². The number of rotatable bonds is 7. The summed E-state index contributed by atoms with van der Waals surface area (Å²) in [6.45, 7) is 7.02. The van der Waals surface area contributed by atoms with Gasteiger partial charge in [-0.25, -0.2) is 13.1 Å². The van der Waals surface area contributed by atoms with Crippen LogP contribution in [-0.2, 0) is 16.6 Å². The van der Waals surface area contributed by atoms with Crippen LogP contribution in [0.3, 0.4) is 0 Å². The fourth-order valence-electron chi connectivity index (χ4n) is 2.46. The number of hydrogen-bond acceptors (Lipinski definition) is 4. The van der Waals surface area contributed by atoms with Crippen LogP contribution >= 0.6 is 0 Å². The molecule has 0 aliphatic carbocycles. The number of likely N-dealkylation sites (N-methyl/N-ethyl adjacent to an activating group) is 1. The second-order valence-corrected chi connectivity index (χ2v) is 7.54. The van der Waals surface area contributed by atoms with Crippen molar-refractivity contribution in [2.24, 2.45) is 0 Å². The quantitative estimate of drug-likeness (QED) is 0.795. The molecule has 0 radical (unpaired) electrons.